The van der Waals surface area contributed by atoms with Crippen LogP contribution < -0.4 is 5.73 Å². The van der Waals surface area contributed by atoms with Gasteiger partial charge in [0.05, 0.1) is 10.7 Å². The van der Waals surface area contributed by atoms with Gasteiger partial charge in [-0.1, -0.05) is 24.6 Å². The fourth-order valence-electron chi connectivity index (χ4n) is 1.75. The molecule has 0 radical (unpaired) electrons. The summed E-state index contributed by atoms with van der Waals surface area (Å²) in [7, 11) is 0. The van der Waals surface area contributed by atoms with Gasteiger partial charge >= 0.3 is 0 Å². The van der Waals surface area contributed by atoms with Gasteiger partial charge in [-0.2, -0.15) is 0 Å². The van der Waals surface area contributed by atoms with Crippen molar-refractivity contribution < 1.29 is 0 Å². The van der Waals surface area contributed by atoms with E-state index in [4.69, 9.17) is 10.7 Å². The molecular weight excluding hydrogens is 228 g/mol. The maximum Gasteiger partial charge on any atom is 0.0973 e. The number of nitrogens with zero attached hydrogens (tertiary/aromatic N) is 1. The Kier molecular flexibility index (Phi) is 3.60. The van der Waals surface area contributed by atoms with Crippen LogP contribution in [0.5, 0.6) is 0 Å². The highest BCUT2D eigenvalue weighted by molar-refractivity contribution is 7.10. The Morgan fingerprint density at radius 1 is 1.35 bits per heavy atom. The lowest BCUT2D eigenvalue weighted by Gasteiger charge is -2.05. The average Bonchev–Trinajstić information content (AvgIpc) is 2.80. The van der Waals surface area contributed by atoms with Gasteiger partial charge in [0, 0.05) is 23.4 Å². The number of rotatable bonds is 3. The number of benzene rings is 1. The molecule has 2 rings (SSSR count). The third-order valence-electron chi connectivity index (χ3n) is 2.97. The smallest absolute Gasteiger partial charge is 0.0973 e. The predicted molar refractivity (Wildman–Crippen MR) is 74.5 cm³/mol. The van der Waals surface area contributed by atoms with E-state index in [0.29, 0.717) is 12.5 Å². The minimum absolute atomic E-state index is 0.346. The molecule has 0 spiro atoms. The molecule has 1 aromatic heterocycles. The Bertz CT molecular complexity index is 517. The van der Waals surface area contributed by atoms with Crippen LogP contribution in [0.25, 0.3) is 11.3 Å². The first kappa shape index (κ1) is 12.3. The Balaban J connectivity index is 2.40. The molecule has 0 aliphatic rings. The van der Waals surface area contributed by atoms with Gasteiger partial charge in [0.25, 0.3) is 0 Å². The van der Waals surface area contributed by atoms with Crippen molar-refractivity contribution >= 4 is 11.3 Å². The number of hydrogen-bond donors (Lipinski definition) is 1. The van der Waals surface area contributed by atoms with Crippen molar-refractivity contribution in [2.24, 2.45) is 5.73 Å². The summed E-state index contributed by atoms with van der Waals surface area (Å²) < 4.78 is 0. The lowest BCUT2D eigenvalue weighted by atomic mass is 10.0. The highest BCUT2D eigenvalue weighted by Crippen LogP contribution is 2.28. The molecule has 2 aromatic rings. The van der Waals surface area contributed by atoms with Gasteiger partial charge in [-0.15, -0.1) is 11.3 Å². The Morgan fingerprint density at radius 2 is 2.12 bits per heavy atom. The second-order valence-corrected chi connectivity index (χ2v) is 5.42. The highest BCUT2D eigenvalue weighted by atomic mass is 32.1. The van der Waals surface area contributed by atoms with Crippen molar-refractivity contribution in [3.05, 3.63) is 39.7 Å². The molecule has 0 aliphatic carbocycles. The molecule has 0 bridgehead atoms. The van der Waals surface area contributed by atoms with Crippen LogP contribution in [0.15, 0.2) is 23.6 Å². The first-order chi connectivity index (χ1) is 8.11. The molecule has 1 aromatic carbocycles. The van der Waals surface area contributed by atoms with Gasteiger partial charge in [0.1, 0.15) is 0 Å². The van der Waals surface area contributed by atoms with E-state index in [2.05, 4.69) is 44.4 Å². The molecule has 90 valence electrons. The highest BCUT2D eigenvalue weighted by Gasteiger charge is 2.11. The van der Waals surface area contributed by atoms with Gasteiger partial charge in [0.15, 0.2) is 0 Å². The molecule has 1 unspecified atom stereocenters. The summed E-state index contributed by atoms with van der Waals surface area (Å²) in [6.07, 6.45) is 0. The summed E-state index contributed by atoms with van der Waals surface area (Å²) in [4.78, 5) is 4.69. The Morgan fingerprint density at radius 3 is 2.82 bits per heavy atom. The van der Waals surface area contributed by atoms with Gasteiger partial charge in [-0.3, -0.25) is 0 Å². The fraction of sp³-hybridized carbons (Fsp3) is 0.357. The standard InChI is InChI=1S/C14H18N2S/c1-9-4-5-10(2)12(6-9)13-8-17-14(16-13)11(3)7-15/h4-6,8,11H,7,15H2,1-3H3. The van der Waals surface area contributed by atoms with E-state index in [0.717, 1.165) is 10.7 Å². The summed E-state index contributed by atoms with van der Waals surface area (Å²) in [5.41, 5.74) is 10.5. The summed E-state index contributed by atoms with van der Waals surface area (Å²) in [6, 6.07) is 6.48. The molecule has 17 heavy (non-hydrogen) atoms. The first-order valence-electron chi connectivity index (χ1n) is 5.85. The zero-order valence-corrected chi connectivity index (χ0v) is 11.3. The summed E-state index contributed by atoms with van der Waals surface area (Å²) in [5.74, 6) is 0.346. The van der Waals surface area contributed by atoms with Crippen LogP contribution in [0.2, 0.25) is 0 Å². The molecule has 0 aliphatic heterocycles. The summed E-state index contributed by atoms with van der Waals surface area (Å²) in [5, 5.41) is 3.26. The molecule has 2 nitrogen and oxygen atoms in total. The number of nitrogens with two attached hydrogens (primary N) is 1. The minimum atomic E-state index is 0.346. The van der Waals surface area contributed by atoms with E-state index in [1.54, 1.807) is 11.3 Å². The van der Waals surface area contributed by atoms with E-state index >= 15 is 0 Å². The van der Waals surface area contributed by atoms with Crippen LogP contribution in [0.4, 0.5) is 0 Å². The molecule has 1 heterocycles. The molecule has 1 atom stereocenters. The largest absolute Gasteiger partial charge is 0.330 e. The molecule has 0 saturated heterocycles. The number of thiazole rings is 1. The van der Waals surface area contributed by atoms with E-state index in [1.807, 2.05) is 0 Å². The van der Waals surface area contributed by atoms with E-state index in [-0.39, 0.29) is 0 Å². The van der Waals surface area contributed by atoms with E-state index in [9.17, 15) is 0 Å². The maximum atomic E-state index is 5.67. The third-order valence-corrected chi connectivity index (χ3v) is 4.04. The van der Waals surface area contributed by atoms with Crippen molar-refractivity contribution in [3.63, 3.8) is 0 Å². The SMILES string of the molecule is Cc1ccc(C)c(-c2csc(C(C)CN)n2)c1. The normalized spacial score (nSPS) is 12.7. The van der Waals surface area contributed by atoms with E-state index < -0.39 is 0 Å². The minimum Gasteiger partial charge on any atom is -0.330 e. The van der Waals surface area contributed by atoms with Gasteiger partial charge in [-0.25, -0.2) is 4.98 Å². The topological polar surface area (TPSA) is 38.9 Å². The average molecular weight is 246 g/mol. The monoisotopic (exact) mass is 246 g/mol. The number of hydrogen-bond acceptors (Lipinski definition) is 3. The summed E-state index contributed by atoms with van der Waals surface area (Å²) >= 11 is 1.70. The second kappa shape index (κ2) is 4.98. The molecule has 2 N–H and O–H groups in total. The number of aryl methyl sites for hydroxylation is 2. The van der Waals surface area contributed by atoms with Crippen molar-refractivity contribution in [1.29, 1.82) is 0 Å². The second-order valence-electron chi connectivity index (χ2n) is 4.53. The number of aromatic nitrogens is 1. The third kappa shape index (κ3) is 2.56. The lowest BCUT2D eigenvalue weighted by Crippen LogP contribution is -2.08. The molecule has 0 amide bonds. The zero-order valence-electron chi connectivity index (χ0n) is 10.5. The van der Waals surface area contributed by atoms with E-state index in [1.165, 1.54) is 16.7 Å². The van der Waals surface area contributed by atoms with Crippen molar-refractivity contribution in [2.75, 3.05) is 6.54 Å². The fourth-order valence-corrected chi connectivity index (χ4v) is 2.64. The molecular formula is C14H18N2S. The van der Waals surface area contributed by atoms with Crippen LogP contribution >= 0.6 is 11.3 Å². The van der Waals surface area contributed by atoms with Gasteiger partial charge in [-0.05, 0) is 25.5 Å². The zero-order chi connectivity index (χ0) is 12.4. The van der Waals surface area contributed by atoms with Crippen LogP contribution in [0.3, 0.4) is 0 Å². The molecule has 0 fully saturated rings. The van der Waals surface area contributed by atoms with Crippen molar-refractivity contribution in [2.45, 2.75) is 26.7 Å². The maximum absolute atomic E-state index is 5.67. The quantitative estimate of drug-likeness (QED) is 0.900. The van der Waals surface area contributed by atoms with Crippen molar-refractivity contribution in [1.82, 2.24) is 4.98 Å². The van der Waals surface area contributed by atoms with Gasteiger partial charge < -0.3 is 5.73 Å². The van der Waals surface area contributed by atoms with Crippen LogP contribution in [0, 0.1) is 13.8 Å². The first-order valence-corrected chi connectivity index (χ1v) is 6.73. The molecule has 3 heteroatoms. The predicted octanol–water partition coefficient (Wildman–Crippen LogP) is 3.49. The summed E-state index contributed by atoms with van der Waals surface area (Å²) in [6.45, 7) is 7.00. The Hall–Kier alpha value is -1.19. The van der Waals surface area contributed by atoms with Crippen molar-refractivity contribution in [3.8, 4) is 11.3 Å². The Labute approximate surface area is 107 Å². The van der Waals surface area contributed by atoms with Crippen LogP contribution in [-0.4, -0.2) is 11.5 Å². The van der Waals surface area contributed by atoms with Crippen LogP contribution in [0.1, 0.15) is 29.0 Å². The molecule has 0 saturated carbocycles. The van der Waals surface area contributed by atoms with Gasteiger partial charge in [0.2, 0.25) is 0 Å². The van der Waals surface area contributed by atoms with Crippen LogP contribution in [-0.2, 0) is 0 Å². The lowest BCUT2D eigenvalue weighted by molar-refractivity contribution is 0.766.